The number of nitrogens with two attached hydrogens (primary N) is 2. The highest BCUT2D eigenvalue weighted by atomic mass is 32.2. The first-order valence-electron chi connectivity index (χ1n) is 13.6. The Labute approximate surface area is 268 Å². The molecule has 18 heteroatoms. The number of amidine groups is 1. The number of oxime groups is 1. The molecule has 1 aromatic carbocycles. The lowest BCUT2D eigenvalue weighted by Gasteiger charge is -2.49. The SMILES string of the molecule is CON=C(C(=O)N[C@@H]1C(=O)N2C(C(=O)O)=C(C[n+]3ccc4ccn(Cc5ccc(C(=N)N)cc5F)c4c3)CS[C@H]12)c1nsc(N)n1. The molecule has 6 rings (SSSR count). The lowest BCUT2D eigenvalue weighted by molar-refractivity contribution is -0.687. The van der Waals surface area contributed by atoms with Crippen molar-refractivity contribution in [3.05, 3.63) is 83.0 Å². The van der Waals surface area contributed by atoms with Gasteiger partial charge >= 0.3 is 5.97 Å². The Bertz CT molecular complexity index is 1990. The van der Waals surface area contributed by atoms with E-state index >= 15 is 0 Å². The number of thioether (sulfide) groups is 1. The molecule has 2 atom stereocenters. The molecule has 46 heavy (non-hydrogen) atoms. The normalized spacial score (nSPS) is 17.9. The predicted octanol–water partition coefficient (Wildman–Crippen LogP) is 0.623. The summed E-state index contributed by atoms with van der Waals surface area (Å²) in [5, 5.41) is 24.3. The van der Waals surface area contributed by atoms with E-state index in [4.69, 9.17) is 21.7 Å². The number of nitrogen functional groups attached to an aromatic ring is 2. The van der Waals surface area contributed by atoms with Gasteiger partial charge in [-0.15, -0.1) is 11.8 Å². The molecule has 5 heterocycles. The van der Waals surface area contributed by atoms with Crippen LogP contribution >= 0.6 is 23.3 Å². The molecule has 2 aliphatic rings. The van der Waals surface area contributed by atoms with E-state index in [0.29, 0.717) is 16.7 Å². The van der Waals surface area contributed by atoms with Gasteiger partial charge in [0.2, 0.25) is 11.5 Å². The van der Waals surface area contributed by atoms with Crippen LogP contribution in [0.3, 0.4) is 0 Å². The van der Waals surface area contributed by atoms with E-state index in [1.807, 2.05) is 29.1 Å². The lowest BCUT2D eigenvalue weighted by atomic mass is 10.0. The fourth-order valence-electron chi connectivity index (χ4n) is 5.27. The van der Waals surface area contributed by atoms with Gasteiger partial charge in [-0.05, 0) is 12.1 Å². The number of halogens is 1. The van der Waals surface area contributed by atoms with Gasteiger partial charge in [0.15, 0.2) is 24.1 Å². The van der Waals surface area contributed by atoms with Crippen molar-refractivity contribution < 1.29 is 33.3 Å². The fraction of sp³-hybridized carbons (Fsp3) is 0.214. The zero-order valence-electron chi connectivity index (χ0n) is 24.0. The molecule has 2 aliphatic heterocycles. The molecule has 0 aliphatic carbocycles. The van der Waals surface area contributed by atoms with Crippen LogP contribution in [0.2, 0.25) is 0 Å². The second kappa shape index (κ2) is 12.2. The molecule has 0 saturated carbocycles. The maximum absolute atomic E-state index is 14.8. The molecule has 2 amide bonds. The van der Waals surface area contributed by atoms with Gasteiger partial charge in [0, 0.05) is 51.6 Å². The van der Waals surface area contributed by atoms with Crippen molar-refractivity contribution >= 4 is 68.7 Å². The van der Waals surface area contributed by atoms with Crippen molar-refractivity contribution in [3.63, 3.8) is 0 Å². The van der Waals surface area contributed by atoms with Crippen LogP contribution in [0.15, 0.2) is 65.3 Å². The number of carboxylic acids is 1. The number of nitrogens with one attached hydrogen (secondary N) is 2. The number of fused-ring (bicyclic) bond motifs is 2. The highest BCUT2D eigenvalue weighted by molar-refractivity contribution is 8.00. The highest BCUT2D eigenvalue weighted by Crippen LogP contribution is 2.40. The molecule has 1 saturated heterocycles. The Hall–Kier alpha value is -5.36. The summed E-state index contributed by atoms with van der Waals surface area (Å²) in [5.74, 6) is -3.11. The third-order valence-electron chi connectivity index (χ3n) is 7.44. The van der Waals surface area contributed by atoms with Crippen LogP contribution in [0.25, 0.3) is 10.9 Å². The molecule has 236 valence electrons. The summed E-state index contributed by atoms with van der Waals surface area (Å²) in [4.78, 5) is 48.5. The second-order valence-corrected chi connectivity index (χ2v) is 12.2. The first kappa shape index (κ1) is 30.7. The molecule has 0 bridgehead atoms. The minimum Gasteiger partial charge on any atom is -0.477 e. The smallest absolute Gasteiger partial charge is 0.352 e. The number of hydrogen-bond donors (Lipinski definition) is 5. The third kappa shape index (κ3) is 5.63. The highest BCUT2D eigenvalue weighted by Gasteiger charge is 2.55. The van der Waals surface area contributed by atoms with Gasteiger partial charge in [-0.2, -0.15) is 13.9 Å². The zero-order valence-corrected chi connectivity index (χ0v) is 25.6. The predicted molar refractivity (Wildman–Crippen MR) is 166 cm³/mol. The van der Waals surface area contributed by atoms with Gasteiger partial charge in [0.25, 0.3) is 11.8 Å². The van der Waals surface area contributed by atoms with Crippen molar-refractivity contribution in [1.82, 2.24) is 24.1 Å². The van der Waals surface area contributed by atoms with Gasteiger partial charge in [0.1, 0.15) is 41.4 Å². The number of benzene rings is 1. The first-order chi connectivity index (χ1) is 22.0. The minimum atomic E-state index is -1.27. The molecular weight excluding hydrogens is 640 g/mol. The van der Waals surface area contributed by atoms with E-state index < -0.39 is 35.0 Å². The van der Waals surface area contributed by atoms with Crippen LogP contribution in [-0.2, 0) is 32.3 Å². The molecule has 3 aromatic heterocycles. The van der Waals surface area contributed by atoms with Crippen molar-refractivity contribution in [2.75, 3.05) is 18.6 Å². The number of pyridine rings is 1. The molecule has 0 spiro atoms. The van der Waals surface area contributed by atoms with E-state index in [1.165, 1.54) is 29.8 Å². The maximum Gasteiger partial charge on any atom is 0.352 e. The Morgan fingerprint density at radius 1 is 1.33 bits per heavy atom. The van der Waals surface area contributed by atoms with Gasteiger partial charge in [0.05, 0.1) is 6.54 Å². The summed E-state index contributed by atoms with van der Waals surface area (Å²) in [6.07, 6.45) is 5.46. The quantitative estimate of drug-likeness (QED) is 0.0523. The number of nitrogens with zero attached hydrogens (tertiary/aromatic N) is 6. The van der Waals surface area contributed by atoms with Crippen molar-refractivity contribution in [2.24, 2.45) is 10.9 Å². The van der Waals surface area contributed by atoms with E-state index in [9.17, 15) is 23.9 Å². The molecule has 4 aromatic rings. The lowest BCUT2D eigenvalue weighted by Crippen LogP contribution is -2.71. The summed E-state index contributed by atoms with van der Waals surface area (Å²) in [5.41, 5.74) is 12.7. The molecule has 15 nitrogen and oxygen atoms in total. The van der Waals surface area contributed by atoms with Gasteiger partial charge in [-0.25, -0.2) is 9.18 Å². The number of carboxylic acid groups (broad SMARTS) is 1. The van der Waals surface area contributed by atoms with Crippen molar-refractivity contribution in [1.29, 1.82) is 5.41 Å². The van der Waals surface area contributed by atoms with Gasteiger partial charge in [-0.1, -0.05) is 17.3 Å². The van der Waals surface area contributed by atoms with Crippen LogP contribution < -0.4 is 21.4 Å². The van der Waals surface area contributed by atoms with Crippen LogP contribution in [0.4, 0.5) is 9.52 Å². The Kier molecular flexibility index (Phi) is 8.13. The Balaban J connectivity index is 1.21. The summed E-state index contributed by atoms with van der Waals surface area (Å²) in [6, 6.07) is 7.15. The molecule has 1 fully saturated rings. The van der Waals surface area contributed by atoms with E-state index in [-0.39, 0.29) is 47.0 Å². The summed E-state index contributed by atoms with van der Waals surface area (Å²) in [7, 11) is 1.24. The van der Waals surface area contributed by atoms with Crippen LogP contribution in [0.5, 0.6) is 0 Å². The topological polar surface area (TPSA) is 219 Å². The third-order valence-corrected chi connectivity index (χ3v) is 9.32. The van der Waals surface area contributed by atoms with Crippen molar-refractivity contribution in [3.8, 4) is 0 Å². The number of amides is 2. The number of anilines is 1. The standard InChI is InChI=1S/C28H25FN10O5S2/c1-44-35-19(23-34-28(32)46-36-23)24(40)33-20-25(41)39-21(27(42)43)16(12-45-26(20)39)9-37-6-4-13-5-7-38(18(13)11-37)10-15-3-2-14(22(30)31)8-17(15)29/h2-8,11,20,26H,9-10,12H2,1H3,(H6-,30,31,32,33,34,36,40,42,43)/p+1/t20-,26-/m1/s1. The van der Waals surface area contributed by atoms with Crippen LogP contribution in [-0.4, -0.2) is 77.5 Å². The molecule has 7 N–H and O–H groups in total. The molecule has 0 radical (unpaired) electrons. The number of aliphatic carboxylic acids is 1. The fourth-order valence-corrected chi connectivity index (χ4v) is 7.04. The second-order valence-electron chi connectivity index (χ2n) is 10.3. The number of rotatable bonds is 10. The maximum atomic E-state index is 14.8. The summed E-state index contributed by atoms with van der Waals surface area (Å²) < 4.78 is 22.4. The van der Waals surface area contributed by atoms with Gasteiger partial charge in [-0.3, -0.25) is 19.9 Å². The van der Waals surface area contributed by atoms with Crippen LogP contribution in [0, 0.1) is 11.2 Å². The minimum absolute atomic E-state index is 0.0636. The van der Waals surface area contributed by atoms with E-state index in [2.05, 4.69) is 19.8 Å². The number of aromatic nitrogens is 4. The summed E-state index contributed by atoms with van der Waals surface area (Å²) >= 11 is 2.18. The monoisotopic (exact) mass is 665 g/mol. The summed E-state index contributed by atoms with van der Waals surface area (Å²) in [6.45, 7) is 0.392. The molecular formula is C28H26FN10O5S2+. The average Bonchev–Trinajstić information content (AvgIpc) is 3.64. The Morgan fingerprint density at radius 2 is 2.13 bits per heavy atom. The number of hydrogen-bond acceptors (Lipinski definition) is 11. The largest absolute Gasteiger partial charge is 0.477 e. The van der Waals surface area contributed by atoms with Crippen molar-refractivity contribution in [2.45, 2.75) is 24.5 Å². The molecule has 0 unspecified atom stereocenters. The Morgan fingerprint density at radius 3 is 2.80 bits per heavy atom. The van der Waals surface area contributed by atoms with Gasteiger partial charge < -0.3 is 31.3 Å². The number of carbonyl (C=O) groups excluding carboxylic acids is 2. The van der Waals surface area contributed by atoms with Crippen LogP contribution in [0.1, 0.15) is 17.0 Å². The first-order valence-corrected chi connectivity index (χ1v) is 15.4. The number of carbonyl (C=O) groups is 3. The zero-order chi connectivity index (χ0) is 32.7. The van der Waals surface area contributed by atoms with E-state index in [0.717, 1.165) is 22.4 Å². The number of β-lactam (4-membered cyclic amide) rings is 1. The van der Waals surface area contributed by atoms with E-state index in [1.54, 1.807) is 22.9 Å². The average molecular weight is 666 g/mol.